The summed E-state index contributed by atoms with van der Waals surface area (Å²) in [6.45, 7) is 0. The fraction of sp³-hybridized carbons (Fsp3) is 0.714. The van der Waals surface area contributed by atoms with Gasteiger partial charge >= 0.3 is 0 Å². The second-order valence-corrected chi connectivity index (χ2v) is 3.29. The molecule has 3 heteroatoms. The maximum Gasteiger partial charge on any atom is 0.111 e. The number of allylic oxidation sites excluding steroid dienone is 1. The highest BCUT2D eigenvalue weighted by atomic mass is 16.5. The predicted octanol–water partition coefficient (Wildman–Crippen LogP) is -0.793. The number of hydroxylamine groups is 1. The average Bonchev–Trinajstić information content (AvgIpc) is 2.44. The van der Waals surface area contributed by atoms with E-state index in [-0.39, 0.29) is 11.2 Å². The molecule has 0 amide bonds. The minimum atomic E-state index is -0.114. The molecule has 0 saturated heterocycles. The number of hydrogen-bond donors (Lipinski definition) is 2. The summed E-state index contributed by atoms with van der Waals surface area (Å²) in [6, 6.07) is 0.148. The zero-order chi connectivity index (χ0) is 7.14. The Morgan fingerprint density at radius 1 is 1.40 bits per heavy atom. The summed E-state index contributed by atoms with van der Waals surface area (Å²) in [4.78, 5) is 0. The summed E-state index contributed by atoms with van der Waals surface area (Å²) in [5, 5.41) is 10.7. The molecule has 2 rings (SSSR count). The van der Waals surface area contributed by atoms with Gasteiger partial charge in [-0.1, -0.05) is 12.2 Å². The molecule has 1 fully saturated rings. The van der Waals surface area contributed by atoms with Crippen molar-refractivity contribution in [2.24, 2.45) is 17.7 Å². The largest absolute Gasteiger partial charge is 0.613 e. The molecule has 0 aromatic heterocycles. The van der Waals surface area contributed by atoms with Gasteiger partial charge in [0, 0.05) is 12.3 Å². The van der Waals surface area contributed by atoms with Crippen LogP contribution in [-0.2, 0) is 0 Å². The van der Waals surface area contributed by atoms with Crippen LogP contribution in [0.2, 0.25) is 0 Å². The predicted molar refractivity (Wildman–Crippen MR) is 37.7 cm³/mol. The topological polar surface area (TPSA) is 53.5 Å². The first-order valence-electron chi connectivity index (χ1n) is 3.75. The fourth-order valence-corrected chi connectivity index (χ4v) is 2.11. The highest BCUT2D eigenvalue weighted by Crippen LogP contribution is 2.37. The number of rotatable bonds is 1. The van der Waals surface area contributed by atoms with Crippen LogP contribution in [-0.4, -0.2) is 6.04 Å². The summed E-state index contributed by atoms with van der Waals surface area (Å²) in [7, 11) is 0. The maximum atomic E-state index is 10.8. The Morgan fingerprint density at radius 3 is 2.50 bits per heavy atom. The monoisotopic (exact) mass is 140 g/mol. The van der Waals surface area contributed by atoms with Gasteiger partial charge < -0.3 is 5.21 Å². The first-order chi connectivity index (χ1) is 4.77. The Bertz CT molecular complexity index is 167. The van der Waals surface area contributed by atoms with E-state index in [2.05, 4.69) is 12.2 Å². The van der Waals surface area contributed by atoms with Crippen molar-refractivity contribution in [3.63, 3.8) is 0 Å². The third kappa shape index (κ3) is 0.785. The first-order valence-corrected chi connectivity index (χ1v) is 3.75. The molecule has 2 aliphatic rings. The van der Waals surface area contributed by atoms with Gasteiger partial charge in [0.25, 0.3) is 0 Å². The van der Waals surface area contributed by atoms with E-state index in [4.69, 9.17) is 5.84 Å². The van der Waals surface area contributed by atoms with Gasteiger partial charge in [0.05, 0.1) is 0 Å². The van der Waals surface area contributed by atoms with E-state index in [1.807, 2.05) is 0 Å². The molecule has 4 atom stereocenters. The van der Waals surface area contributed by atoms with Gasteiger partial charge in [0.1, 0.15) is 6.04 Å². The highest BCUT2D eigenvalue weighted by Gasteiger charge is 2.39. The Morgan fingerprint density at radius 2 is 2.20 bits per heavy atom. The van der Waals surface area contributed by atoms with E-state index in [0.717, 1.165) is 12.8 Å². The van der Waals surface area contributed by atoms with Crippen molar-refractivity contribution in [1.29, 1.82) is 0 Å². The number of nitrogens with one attached hydrogen (secondary N) is 1. The Kier molecular flexibility index (Phi) is 1.30. The van der Waals surface area contributed by atoms with Crippen LogP contribution in [0.15, 0.2) is 12.2 Å². The van der Waals surface area contributed by atoms with Crippen LogP contribution in [0, 0.1) is 17.0 Å². The van der Waals surface area contributed by atoms with Gasteiger partial charge in [0.15, 0.2) is 0 Å². The summed E-state index contributed by atoms with van der Waals surface area (Å²) in [6.07, 6.45) is 6.51. The van der Waals surface area contributed by atoms with E-state index >= 15 is 0 Å². The molecule has 0 spiro atoms. The molecule has 56 valence electrons. The number of fused-ring (bicyclic) bond motifs is 2. The molecule has 2 aliphatic carbocycles. The van der Waals surface area contributed by atoms with Crippen LogP contribution in [0.3, 0.4) is 0 Å². The lowest BCUT2D eigenvalue weighted by Gasteiger charge is -2.27. The minimum Gasteiger partial charge on any atom is -0.613 e. The van der Waals surface area contributed by atoms with Crippen molar-refractivity contribution in [2.75, 3.05) is 0 Å². The molecule has 1 saturated carbocycles. The summed E-state index contributed by atoms with van der Waals surface area (Å²) in [5.41, 5.74) is 0. The SMILES string of the molecule is N[NH+]([O-])C1CC2C=CC1C2. The van der Waals surface area contributed by atoms with Crippen molar-refractivity contribution in [1.82, 2.24) is 0 Å². The van der Waals surface area contributed by atoms with Gasteiger partial charge in [-0.25, -0.2) is 0 Å². The molecule has 4 unspecified atom stereocenters. The zero-order valence-electron chi connectivity index (χ0n) is 5.79. The number of quaternary nitrogens is 1. The molecular weight excluding hydrogens is 128 g/mol. The van der Waals surface area contributed by atoms with Crippen molar-refractivity contribution >= 4 is 0 Å². The van der Waals surface area contributed by atoms with E-state index in [1.165, 1.54) is 0 Å². The molecule has 0 aliphatic heterocycles. The van der Waals surface area contributed by atoms with E-state index in [1.54, 1.807) is 0 Å². The van der Waals surface area contributed by atoms with Crippen molar-refractivity contribution in [3.05, 3.63) is 17.4 Å². The lowest BCUT2D eigenvalue weighted by atomic mass is 10.0. The molecule has 0 heterocycles. The second-order valence-electron chi connectivity index (χ2n) is 3.29. The third-order valence-corrected chi connectivity index (χ3v) is 2.64. The normalized spacial score (nSPS) is 46.4. The highest BCUT2D eigenvalue weighted by molar-refractivity contribution is 5.10. The van der Waals surface area contributed by atoms with E-state index in [0.29, 0.717) is 11.8 Å². The fourth-order valence-electron chi connectivity index (χ4n) is 2.11. The first kappa shape index (κ1) is 6.34. The van der Waals surface area contributed by atoms with Crippen LogP contribution in [0.25, 0.3) is 0 Å². The van der Waals surface area contributed by atoms with E-state index in [9.17, 15) is 5.21 Å². The van der Waals surface area contributed by atoms with Crippen molar-refractivity contribution in [3.8, 4) is 0 Å². The van der Waals surface area contributed by atoms with Crippen LogP contribution >= 0.6 is 0 Å². The molecule has 0 aromatic carbocycles. The number of hydrogen-bond acceptors (Lipinski definition) is 2. The molecule has 3 N–H and O–H groups in total. The summed E-state index contributed by atoms with van der Waals surface area (Å²) < 4.78 is 0. The van der Waals surface area contributed by atoms with Crippen LogP contribution in [0.1, 0.15) is 12.8 Å². The van der Waals surface area contributed by atoms with Gasteiger partial charge in [-0.3, -0.25) is 5.17 Å². The Labute approximate surface area is 60.0 Å². The van der Waals surface area contributed by atoms with Crippen LogP contribution in [0.4, 0.5) is 0 Å². The van der Waals surface area contributed by atoms with Gasteiger partial charge in [-0.2, -0.15) is 5.84 Å². The van der Waals surface area contributed by atoms with Gasteiger partial charge in [-0.05, 0) is 12.3 Å². The molecule has 10 heavy (non-hydrogen) atoms. The molecule has 3 nitrogen and oxygen atoms in total. The molecular formula is C7H12N2O. The third-order valence-electron chi connectivity index (χ3n) is 2.64. The standard InChI is InChI=1S/C7H12N2O/c8-9(10)7-4-5-1-2-6(7)3-5/h1-2,5-7,9H,3-4,8H2. The lowest BCUT2D eigenvalue weighted by molar-refractivity contribution is -0.890. The molecule has 0 aromatic rings. The van der Waals surface area contributed by atoms with Crippen LogP contribution in [0.5, 0.6) is 0 Å². The second kappa shape index (κ2) is 2.05. The smallest absolute Gasteiger partial charge is 0.111 e. The van der Waals surface area contributed by atoms with Crippen molar-refractivity contribution < 1.29 is 5.17 Å². The van der Waals surface area contributed by atoms with Crippen LogP contribution < -0.4 is 11.0 Å². The maximum absolute atomic E-state index is 10.8. The zero-order valence-corrected chi connectivity index (χ0v) is 5.79. The number of nitrogens with two attached hydrogens (primary N) is 1. The lowest BCUT2D eigenvalue weighted by Crippen LogP contribution is -3.17. The average molecular weight is 140 g/mol. The summed E-state index contributed by atoms with van der Waals surface area (Å²) in [5.74, 6) is 6.34. The Balaban J connectivity index is 2.09. The van der Waals surface area contributed by atoms with Gasteiger partial charge in [0.2, 0.25) is 0 Å². The van der Waals surface area contributed by atoms with Crippen molar-refractivity contribution in [2.45, 2.75) is 18.9 Å². The molecule has 0 radical (unpaired) electrons. The summed E-state index contributed by atoms with van der Waals surface area (Å²) >= 11 is 0. The quantitative estimate of drug-likeness (QED) is 0.285. The minimum absolute atomic E-state index is 0.114. The van der Waals surface area contributed by atoms with E-state index < -0.39 is 0 Å². The Hall–Kier alpha value is -0.380. The molecule has 2 bridgehead atoms. The van der Waals surface area contributed by atoms with Gasteiger partial charge in [-0.15, -0.1) is 0 Å².